The Morgan fingerprint density at radius 1 is 1.24 bits per heavy atom. The predicted molar refractivity (Wildman–Crippen MR) is 96.5 cm³/mol. The number of anilines is 1. The van der Waals surface area contributed by atoms with Gasteiger partial charge in [-0.1, -0.05) is 12.1 Å². The molecule has 0 aliphatic rings. The maximum Gasteiger partial charge on any atom is 0.284 e. The number of nitrogens with one attached hydrogen (secondary N) is 1. The van der Waals surface area contributed by atoms with Gasteiger partial charge in [-0.25, -0.2) is 0 Å². The number of nitrogens with zero attached hydrogens (tertiary/aromatic N) is 3. The Bertz CT molecular complexity index is 925. The fourth-order valence-electron chi connectivity index (χ4n) is 2.33. The molecule has 1 heterocycles. The Labute approximate surface area is 151 Å². The van der Waals surface area contributed by atoms with Gasteiger partial charge >= 0.3 is 0 Å². The molecule has 1 amide bonds. The van der Waals surface area contributed by atoms with Gasteiger partial charge in [-0.3, -0.25) is 19.6 Å². The first-order valence-electron chi connectivity index (χ1n) is 7.34. The summed E-state index contributed by atoms with van der Waals surface area (Å²) < 4.78 is 2.11. The lowest BCUT2D eigenvalue weighted by molar-refractivity contribution is -0.385. The number of carbonyl (C=O) groups is 1. The Morgan fingerprint density at radius 3 is 2.80 bits per heavy atom. The zero-order valence-electron chi connectivity index (χ0n) is 12.9. The molecule has 0 atom stereocenters. The van der Waals surface area contributed by atoms with Crippen LogP contribution in [0.2, 0.25) is 0 Å². The minimum atomic E-state index is -0.536. The van der Waals surface area contributed by atoms with Crippen molar-refractivity contribution in [1.29, 1.82) is 0 Å². The highest BCUT2D eigenvalue weighted by atomic mass is 79.9. The zero-order valence-corrected chi connectivity index (χ0v) is 14.5. The molecule has 0 bridgehead atoms. The average molecular weight is 401 g/mol. The summed E-state index contributed by atoms with van der Waals surface area (Å²) in [6, 6.07) is 13.5. The fraction of sp³-hybridized carbons (Fsp3) is 0.0588. The van der Waals surface area contributed by atoms with Gasteiger partial charge in [0, 0.05) is 29.7 Å². The van der Waals surface area contributed by atoms with Gasteiger partial charge in [-0.2, -0.15) is 5.10 Å². The molecule has 0 saturated carbocycles. The Morgan fingerprint density at radius 2 is 2.08 bits per heavy atom. The largest absolute Gasteiger partial charge is 0.322 e. The first-order valence-corrected chi connectivity index (χ1v) is 8.14. The summed E-state index contributed by atoms with van der Waals surface area (Å²) in [4.78, 5) is 22.8. The maximum atomic E-state index is 12.4. The molecule has 7 nitrogen and oxygen atoms in total. The van der Waals surface area contributed by atoms with E-state index in [1.807, 2.05) is 30.5 Å². The van der Waals surface area contributed by atoms with Crippen LogP contribution in [0.25, 0.3) is 0 Å². The molecule has 0 aliphatic heterocycles. The highest BCUT2D eigenvalue weighted by Crippen LogP contribution is 2.26. The number of rotatable bonds is 5. The van der Waals surface area contributed by atoms with E-state index in [0.29, 0.717) is 16.7 Å². The summed E-state index contributed by atoms with van der Waals surface area (Å²) in [5, 5.41) is 17.9. The number of benzene rings is 2. The van der Waals surface area contributed by atoms with E-state index in [9.17, 15) is 14.9 Å². The monoisotopic (exact) mass is 400 g/mol. The van der Waals surface area contributed by atoms with Gasteiger partial charge in [0.25, 0.3) is 11.6 Å². The highest BCUT2D eigenvalue weighted by molar-refractivity contribution is 9.10. The van der Waals surface area contributed by atoms with Crippen LogP contribution in [0.5, 0.6) is 0 Å². The van der Waals surface area contributed by atoms with Crippen LogP contribution in [0.1, 0.15) is 15.9 Å². The molecule has 1 N–H and O–H groups in total. The van der Waals surface area contributed by atoms with Crippen LogP contribution in [0, 0.1) is 10.1 Å². The lowest BCUT2D eigenvalue weighted by Gasteiger charge is -2.08. The first-order chi connectivity index (χ1) is 12.0. The molecule has 25 heavy (non-hydrogen) atoms. The highest BCUT2D eigenvalue weighted by Gasteiger charge is 2.16. The first kappa shape index (κ1) is 16.8. The van der Waals surface area contributed by atoms with Crippen LogP contribution >= 0.6 is 15.9 Å². The summed E-state index contributed by atoms with van der Waals surface area (Å²) in [5.74, 6) is -0.410. The van der Waals surface area contributed by atoms with Gasteiger partial charge in [-0.05, 0) is 51.8 Å². The summed E-state index contributed by atoms with van der Waals surface area (Å²) in [7, 11) is 0. The molecule has 126 valence electrons. The number of carbonyl (C=O) groups excluding carboxylic acids is 1. The van der Waals surface area contributed by atoms with E-state index in [-0.39, 0.29) is 11.3 Å². The number of hydrogen-bond donors (Lipinski definition) is 1. The van der Waals surface area contributed by atoms with Gasteiger partial charge in [0.05, 0.1) is 15.9 Å². The van der Waals surface area contributed by atoms with Crippen molar-refractivity contribution in [3.8, 4) is 0 Å². The van der Waals surface area contributed by atoms with Gasteiger partial charge in [0.2, 0.25) is 0 Å². The third kappa shape index (κ3) is 4.10. The van der Waals surface area contributed by atoms with E-state index in [4.69, 9.17) is 0 Å². The normalized spacial score (nSPS) is 10.4. The van der Waals surface area contributed by atoms with Crippen molar-refractivity contribution in [2.24, 2.45) is 0 Å². The SMILES string of the molecule is O=C(Nc1cccc(Cn2cccn2)c1)c1ccc(Br)c([N+](=O)[O-])c1. The molecule has 1 aromatic heterocycles. The lowest BCUT2D eigenvalue weighted by atomic mass is 10.1. The number of nitro groups is 1. The topological polar surface area (TPSA) is 90.1 Å². The van der Waals surface area contributed by atoms with Gasteiger partial charge in [-0.15, -0.1) is 0 Å². The second kappa shape index (κ2) is 7.27. The van der Waals surface area contributed by atoms with Crippen molar-refractivity contribution in [3.05, 3.63) is 86.6 Å². The van der Waals surface area contributed by atoms with Crippen LogP contribution in [0.4, 0.5) is 11.4 Å². The van der Waals surface area contributed by atoms with E-state index < -0.39 is 10.8 Å². The number of hydrogen-bond acceptors (Lipinski definition) is 4. The molecule has 3 rings (SSSR count). The van der Waals surface area contributed by atoms with Crippen LogP contribution in [-0.2, 0) is 6.54 Å². The molecule has 0 fully saturated rings. The fourth-order valence-corrected chi connectivity index (χ4v) is 2.72. The molecule has 3 aromatic rings. The van der Waals surface area contributed by atoms with E-state index >= 15 is 0 Å². The van der Waals surface area contributed by atoms with Gasteiger partial charge in [0.1, 0.15) is 0 Å². The molecule has 2 aromatic carbocycles. The third-order valence-electron chi connectivity index (χ3n) is 3.49. The molecular weight excluding hydrogens is 388 g/mol. The Kier molecular flexibility index (Phi) is 4.90. The number of halogens is 1. The Hall–Kier alpha value is -3.00. The summed E-state index contributed by atoms with van der Waals surface area (Å²) >= 11 is 3.10. The third-order valence-corrected chi connectivity index (χ3v) is 4.16. The number of aromatic nitrogens is 2. The van der Waals surface area contributed by atoms with E-state index in [0.717, 1.165) is 5.56 Å². The van der Waals surface area contributed by atoms with Gasteiger partial charge in [0.15, 0.2) is 0 Å². The Balaban J connectivity index is 1.77. The van der Waals surface area contributed by atoms with Crippen LogP contribution in [0.15, 0.2) is 65.4 Å². The predicted octanol–water partition coefficient (Wildman–Crippen LogP) is 3.85. The van der Waals surface area contributed by atoms with E-state index in [1.165, 1.54) is 18.2 Å². The standard InChI is InChI=1S/C17H13BrN4O3/c18-15-6-5-13(10-16(15)22(24)25)17(23)20-14-4-1-3-12(9-14)11-21-8-2-7-19-21/h1-10H,11H2,(H,20,23). The minimum absolute atomic E-state index is 0.153. The minimum Gasteiger partial charge on any atom is -0.322 e. The van der Waals surface area contributed by atoms with Crippen molar-refractivity contribution in [1.82, 2.24) is 9.78 Å². The van der Waals surface area contributed by atoms with Crippen molar-refractivity contribution >= 4 is 33.2 Å². The zero-order chi connectivity index (χ0) is 17.8. The quantitative estimate of drug-likeness (QED) is 0.519. The summed E-state index contributed by atoms with van der Waals surface area (Å²) in [6.07, 6.45) is 3.55. The molecule has 0 unspecified atom stereocenters. The molecule has 0 aliphatic carbocycles. The lowest BCUT2D eigenvalue weighted by Crippen LogP contribution is -2.12. The van der Waals surface area contributed by atoms with Crippen LogP contribution in [-0.4, -0.2) is 20.6 Å². The number of amides is 1. The van der Waals surface area contributed by atoms with Crippen molar-refractivity contribution in [2.45, 2.75) is 6.54 Å². The molecule has 0 spiro atoms. The summed E-state index contributed by atoms with van der Waals surface area (Å²) in [5.41, 5.74) is 1.65. The second-order valence-corrected chi connectivity index (χ2v) is 6.14. The van der Waals surface area contributed by atoms with Crippen molar-refractivity contribution in [2.75, 3.05) is 5.32 Å². The maximum absolute atomic E-state index is 12.4. The molecular formula is C17H13BrN4O3. The molecule has 8 heteroatoms. The van der Waals surface area contributed by atoms with Crippen LogP contribution in [0.3, 0.4) is 0 Å². The smallest absolute Gasteiger partial charge is 0.284 e. The van der Waals surface area contributed by atoms with Gasteiger partial charge < -0.3 is 5.32 Å². The van der Waals surface area contributed by atoms with Crippen LogP contribution < -0.4 is 5.32 Å². The average Bonchev–Trinajstić information content (AvgIpc) is 3.08. The van der Waals surface area contributed by atoms with E-state index in [2.05, 4.69) is 26.3 Å². The molecule has 0 radical (unpaired) electrons. The second-order valence-electron chi connectivity index (χ2n) is 5.28. The van der Waals surface area contributed by atoms with Crippen molar-refractivity contribution < 1.29 is 9.72 Å². The van der Waals surface area contributed by atoms with E-state index in [1.54, 1.807) is 16.9 Å². The summed E-state index contributed by atoms with van der Waals surface area (Å²) in [6.45, 7) is 0.584. The number of nitro benzene ring substituents is 1. The van der Waals surface area contributed by atoms with Crippen molar-refractivity contribution in [3.63, 3.8) is 0 Å². The molecule has 0 saturated heterocycles.